The number of hydrogen-bond acceptors (Lipinski definition) is 3. The number of benzene rings is 1. The number of alkyl halides is 2. The quantitative estimate of drug-likeness (QED) is 0.758. The van der Waals surface area contributed by atoms with Crippen LogP contribution < -0.4 is 9.46 Å². The van der Waals surface area contributed by atoms with E-state index < -0.39 is 22.7 Å². The Labute approximate surface area is 124 Å². The van der Waals surface area contributed by atoms with Crippen molar-refractivity contribution in [1.29, 1.82) is 0 Å². The molecule has 4 nitrogen and oxygen atoms in total. The second kappa shape index (κ2) is 8.29. The third-order valence-electron chi connectivity index (χ3n) is 3.01. The highest BCUT2D eigenvalue weighted by molar-refractivity contribution is 7.89. The van der Waals surface area contributed by atoms with Gasteiger partial charge in [-0.15, -0.1) is 0 Å². The monoisotopic (exact) mass is 321 g/mol. The van der Waals surface area contributed by atoms with Crippen LogP contribution in [-0.2, 0) is 10.0 Å². The summed E-state index contributed by atoms with van der Waals surface area (Å²) >= 11 is 0. The molecule has 0 unspecified atom stereocenters. The number of halogens is 2. The van der Waals surface area contributed by atoms with Crippen molar-refractivity contribution < 1.29 is 21.9 Å². The number of para-hydroxylation sites is 1. The van der Waals surface area contributed by atoms with Gasteiger partial charge in [-0.2, -0.15) is 8.78 Å². The van der Waals surface area contributed by atoms with Gasteiger partial charge in [0.25, 0.3) is 0 Å². The Morgan fingerprint density at radius 3 is 2.48 bits per heavy atom. The molecule has 21 heavy (non-hydrogen) atoms. The molecule has 0 heterocycles. The van der Waals surface area contributed by atoms with Crippen molar-refractivity contribution in [2.45, 2.75) is 45.8 Å². The largest absolute Gasteiger partial charge is 0.434 e. The van der Waals surface area contributed by atoms with E-state index in [0.29, 0.717) is 18.4 Å². The third kappa shape index (κ3) is 5.97. The highest BCUT2D eigenvalue weighted by Gasteiger charge is 2.21. The zero-order valence-electron chi connectivity index (χ0n) is 12.2. The molecule has 0 amide bonds. The summed E-state index contributed by atoms with van der Waals surface area (Å²) in [6.07, 6.45) is 1.76. The summed E-state index contributed by atoms with van der Waals surface area (Å²) in [6, 6.07) is 5.65. The standard InChI is InChI=1S/C14H21F2NO3S/c1-3-5-10-21(18,19)17-12(4-2)11-8-6-7-9-13(11)20-14(15)16/h6-9,12,14,17H,3-5,10H2,1-2H3/t12-/m1/s1. The van der Waals surface area contributed by atoms with E-state index in [-0.39, 0.29) is 11.5 Å². The molecule has 1 aromatic rings. The van der Waals surface area contributed by atoms with Gasteiger partial charge in [0.2, 0.25) is 10.0 Å². The minimum atomic E-state index is -3.44. The van der Waals surface area contributed by atoms with Crippen LogP contribution in [0.25, 0.3) is 0 Å². The smallest absolute Gasteiger partial charge is 0.387 e. The van der Waals surface area contributed by atoms with Crippen LogP contribution in [0.3, 0.4) is 0 Å². The van der Waals surface area contributed by atoms with Crippen molar-refractivity contribution in [3.05, 3.63) is 29.8 Å². The van der Waals surface area contributed by atoms with Gasteiger partial charge < -0.3 is 4.74 Å². The zero-order chi connectivity index (χ0) is 15.9. The first-order valence-electron chi connectivity index (χ1n) is 6.93. The van der Waals surface area contributed by atoms with Crippen molar-refractivity contribution in [2.75, 3.05) is 5.75 Å². The average Bonchev–Trinajstić information content (AvgIpc) is 2.43. The predicted octanol–water partition coefficient (Wildman–Crippen LogP) is 3.46. The molecule has 0 aromatic heterocycles. The molecule has 0 aliphatic carbocycles. The summed E-state index contributed by atoms with van der Waals surface area (Å²) in [5, 5.41) is 0. The molecule has 1 atom stereocenters. The molecule has 1 rings (SSSR count). The molecular formula is C14H21F2NO3S. The molecule has 0 saturated heterocycles. The number of nitrogens with one attached hydrogen (secondary N) is 1. The number of ether oxygens (including phenoxy) is 1. The normalized spacial score (nSPS) is 13.4. The maximum Gasteiger partial charge on any atom is 0.387 e. The first kappa shape index (κ1) is 17.8. The van der Waals surface area contributed by atoms with E-state index in [1.165, 1.54) is 6.07 Å². The lowest BCUT2D eigenvalue weighted by Crippen LogP contribution is -2.30. The van der Waals surface area contributed by atoms with Crippen LogP contribution in [0.4, 0.5) is 8.78 Å². The van der Waals surface area contributed by atoms with Gasteiger partial charge in [-0.1, -0.05) is 38.5 Å². The fourth-order valence-electron chi connectivity index (χ4n) is 1.95. The molecule has 0 radical (unpaired) electrons. The van der Waals surface area contributed by atoms with Crippen molar-refractivity contribution in [2.24, 2.45) is 0 Å². The molecule has 1 aromatic carbocycles. The number of unbranched alkanes of at least 4 members (excludes halogenated alkanes) is 1. The van der Waals surface area contributed by atoms with E-state index in [9.17, 15) is 17.2 Å². The number of sulfonamides is 1. The molecule has 0 aliphatic rings. The first-order chi connectivity index (χ1) is 9.89. The Kier molecular flexibility index (Phi) is 7.04. The van der Waals surface area contributed by atoms with Crippen LogP contribution in [0.1, 0.15) is 44.7 Å². The van der Waals surface area contributed by atoms with Gasteiger partial charge in [0, 0.05) is 5.56 Å². The average molecular weight is 321 g/mol. The molecule has 0 aliphatic heterocycles. The zero-order valence-corrected chi connectivity index (χ0v) is 13.0. The van der Waals surface area contributed by atoms with Crippen LogP contribution in [0, 0.1) is 0 Å². The molecular weight excluding hydrogens is 300 g/mol. The second-order valence-electron chi connectivity index (χ2n) is 4.67. The number of rotatable bonds is 9. The van der Waals surface area contributed by atoms with Gasteiger partial charge in [0.05, 0.1) is 11.8 Å². The minimum Gasteiger partial charge on any atom is -0.434 e. The van der Waals surface area contributed by atoms with Crippen molar-refractivity contribution in [3.8, 4) is 5.75 Å². The Hall–Kier alpha value is -1.21. The van der Waals surface area contributed by atoms with Crippen molar-refractivity contribution in [1.82, 2.24) is 4.72 Å². The summed E-state index contributed by atoms with van der Waals surface area (Å²) < 4.78 is 55.8. The van der Waals surface area contributed by atoms with Gasteiger partial charge in [0.15, 0.2) is 0 Å². The maximum atomic E-state index is 12.4. The summed E-state index contributed by atoms with van der Waals surface area (Å²) in [6.45, 7) is 0.741. The van der Waals surface area contributed by atoms with Crippen LogP contribution in [0.2, 0.25) is 0 Å². The van der Waals surface area contributed by atoms with E-state index in [1.807, 2.05) is 6.92 Å². The van der Waals surface area contributed by atoms with E-state index >= 15 is 0 Å². The van der Waals surface area contributed by atoms with Crippen LogP contribution in [0.15, 0.2) is 24.3 Å². The molecule has 7 heteroatoms. The molecule has 0 bridgehead atoms. The number of hydrogen-bond donors (Lipinski definition) is 1. The van der Waals surface area contributed by atoms with Crippen molar-refractivity contribution >= 4 is 10.0 Å². The molecule has 0 spiro atoms. The lowest BCUT2D eigenvalue weighted by Gasteiger charge is -2.20. The van der Waals surface area contributed by atoms with Crippen LogP contribution in [-0.4, -0.2) is 20.8 Å². The van der Waals surface area contributed by atoms with Crippen molar-refractivity contribution in [3.63, 3.8) is 0 Å². The summed E-state index contributed by atoms with van der Waals surface area (Å²) in [7, 11) is -3.44. The lowest BCUT2D eigenvalue weighted by molar-refractivity contribution is -0.0506. The SMILES string of the molecule is CCCCS(=O)(=O)N[C@H](CC)c1ccccc1OC(F)F. The summed E-state index contributed by atoms with van der Waals surface area (Å²) in [5.41, 5.74) is 0.417. The van der Waals surface area contributed by atoms with Gasteiger partial charge in [-0.05, 0) is 18.9 Å². The van der Waals surface area contributed by atoms with Crippen LogP contribution >= 0.6 is 0 Å². The Morgan fingerprint density at radius 2 is 1.90 bits per heavy atom. The van der Waals surface area contributed by atoms with E-state index in [0.717, 1.165) is 6.42 Å². The fraction of sp³-hybridized carbons (Fsp3) is 0.571. The Balaban J connectivity index is 2.95. The summed E-state index contributed by atoms with van der Waals surface area (Å²) in [4.78, 5) is 0. The van der Waals surface area contributed by atoms with Gasteiger partial charge in [0.1, 0.15) is 5.75 Å². The maximum absolute atomic E-state index is 12.4. The van der Waals surface area contributed by atoms with E-state index in [2.05, 4.69) is 9.46 Å². The van der Waals surface area contributed by atoms with Gasteiger partial charge in [-0.3, -0.25) is 0 Å². The van der Waals surface area contributed by atoms with E-state index in [1.54, 1.807) is 25.1 Å². The lowest BCUT2D eigenvalue weighted by atomic mass is 10.0. The highest BCUT2D eigenvalue weighted by Crippen LogP contribution is 2.29. The summed E-state index contributed by atoms with van der Waals surface area (Å²) in [5.74, 6) is 0.0234. The molecule has 120 valence electrons. The van der Waals surface area contributed by atoms with Crippen LogP contribution in [0.5, 0.6) is 5.75 Å². The highest BCUT2D eigenvalue weighted by atomic mass is 32.2. The minimum absolute atomic E-state index is 0.00228. The predicted molar refractivity (Wildman–Crippen MR) is 77.9 cm³/mol. The van der Waals surface area contributed by atoms with Gasteiger partial charge >= 0.3 is 6.61 Å². The molecule has 1 N–H and O–H groups in total. The Bertz CT molecular complexity index is 535. The molecule has 0 fully saturated rings. The van der Waals surface area contributed by atoms with E-state index in [4.69, 9.17) is 0 Å². The third-order valence-corrected chi connectivity index (χ3v) is 4.48. The first-order valence-corrected chi connectivity index (χ1v) is 8.58. The molecule has 0 saturated carbocycles. The Morgan fingerprint density at radius 1 is 1.24 bits per heavy atom. The second-order valence-corrected chi connectivity index (χ2v) is 6.54. The topological polar surface area (TPSA) is 55.4 Å². The fourth-order valence-corrected chi connectivity index (χ4v) is 3.46. The van der Waals surface area contributed by atoms with Gasteiger partial charge in [-0.25, -0.2) is 13.1 Å².